The van der Waals surface area contributed by atoms with Crippen LogP contribution in [0.1, 0.15) is 26.2 Å². The maximum Gasteiger partial charge on any atom is 0.187 e. The van der Waals surface area contributed by atoms with Gasteiger partial charge >= 0.3 is 0 Å². The van der Waals surface area contributed by atoms with Gasteiger partial charge in [0.15, 0.2) is 5.82 Å². The summed E-state index contributed by atoms with van der Waals surface area (Å²) in [5, 5.41) is 9.89. The molecule has 12 heavy (non-hydrogen) atoms. The summed E-state index contributed by atoms with van der Waals surface area (Å²) in [5.74, 6) is 0.733. The van der Waals surface area contributed by atoms with Gasteiger partial charge in [-0.25, -0.2) is 0 Å². The summed E-state index contributed by atoms with van der Waals surface area (Å²) in [6.45, 7) is 3.00. The molecule has 0 spiro atoms. The molecular weight excluding hydrogens is 170 g/mol. The fourth-order valence-corrected chi connectivity index (χ4v) is 1.26. The van der Waals surface area contributed by atoms with Crippen LogP contribution >= 0.6 is 11.5 Å². The molecular formula is C8H13N3S. The number of nitrogens with zero attached hydrogens (tertiary/aromatic N) is 3. The van der Waals surface area contributed by atoms with E-state index in [4.69, 9.17) is 0 Å². The molecule has 1 aromatic heterocycles. The highest BCUT2D eigenvalue weighted by Crippen LogP contribution is 2.10. The van der Waals surface area contributed by atoms with Crippen LogP contribution < -0.4 is 0 Å². The van der Waals surface area contributed by atoms with E-state index in [-0.39, 0.29) is 0 Å². The predicted octanol–water partition coefficient (Wildman–Crippen LogP) is 3.42. The Morgan fingerprint density at radius 1 is 1.50 bits per heavy atom. The Bertz CT molecular complexity index is 218. The second-order valence-corrected chi connectivity index (χ2v) is 3.20. The molecule has 0 bridgehead atoms. The van der Waals surface area contributed by atoms with Gasteiger partial charge in [0.1, 0.15) is 0 Å². The molecule has 0 saturated carbocycles. The van der Waals surface area contributed by atoms with E-state index >= 15 is 0 Å². The zero-order valence-corrected chi connectivity index (χ0v) is 8.05. The molecule has 1 aromatic rings. The summed E-state index contributed by atoms with van der Waals surface area (Å²) in [6.07, 6.45) is 3.59. The van der Waals surface area contributed by atoms with E-state index < -0.39 is 0 Å². The quantitative estimate of drug-likeness (QED) is 0.509. The van der Waals surface area contributed by atoms with Gasteiger partial charge in [-0.15, -0.1) is 5.11 Å². The molecule has 3 nitrogen and oxygen atoms in total. The Labute approximate surface area is 76.7 Å². The first-order valence-corrected chi connectivity index (χ1v) is 5.05. The molecule has 0 radical (unpaired) electrons. The minimum absolute atomic E-state index is 0.733. The van der Waals surface area contributed by atoms with Crippen molar-refractivity contribution in [1.29, 1.82) is 0 Å². The summed E-state index contributed by atoms with van der Waals surface area (Å²) >= 11 is 1.40. The van der Waals surface area contributed by atoms with E-state index in [0.717, 1.165) is 18.8 Å². The van der Waals surface area contributed by atoms with E-state index in [2.05, 4.69) is 21.5 Å². The molecule has 0 aliphatic rings. The second kappa shape index (κ2) is 5.83. The minimum Gasteiger partial charge on any atom is -0.187 e. The predicted molar refractivity (Wildman–Crippen MR) is 51.0 cm³/mol. The van der Waals surface area contributed by atoms with E-state index in [1.54, 1.807) is 0 Å². The van der Waals surface area contributed by atoms with Crippen molar-refractivity contribution in [2.75, 3.05) is 6.54 Å². The topological polar surface area (TPSA) is 37.6 Å². The van der Waals surface area contributed by atoms with Crippen molar-refractivity contribution in [3.63, 3.8) is 0 Å². The molecule has 66 valence electrons. The third kappa shape index (κ3) is 3.57. The van der Waals surface area contributed by atoms with Gasteiger partial charge < -0.3 is 0 Å². The molecule has 0 N–H and O–H groups in total. The van der Waals surface area contributed by atoms with Crippen LogP contribution in [0.25, 0.3) is 0 Å². The first-order valence-electron chi connectivity index (χ1n) is 4.21. The molecule has 1 heterocycles. The zero-order valence-electron chi connectivity index (χ0n) is 7.23. The average Bonchev–Trinajstić information content (AvgIpc) is 2.57. The standard InChI is InChI=1S/C8H13N3S/c1-2-3-4-6-9-10-8-5-7-12-11-8/h5,7H,2-4,6H2,1H3/b10-9+. The molecule has 0 aliphatic heterocycles. The largest absolute Gasteiger partial charge is 0.187 e. The number of unbranched alkanes of at least 4 members (excludes halogenated alkanes) is 2. The van der Waals surface area contributed by atoms with Crippen molar-refractivity contribution < 1.29 is 0 Å². The van der Waals surface area contributed by atoms with Crippen molar-refractivity contribution in [2.45, 2.75) is 26.2 Å². The summed E-state index contributed by atoms with van der Waals surface area (Å²) in [6, 6.07) is 1.87. The highest BCUT2D eigenvalue weighted by Gasteiger charge is 1.88. The van der Waals surface area contributed by atoms with E-state index in [1.165, 1.54) is 24.4 Å². The fraction of sp³-hybridized carbons (Fsp3) is 0.625. The molecule has 0 saturated heterocycles. The Morgan fingerprint density at radius 3 is 3.08 bits per heavy atom. The Hall–Kier alpha value is -0.770. The van der Waals surface area contributed by atoms with E-state index in [1.807, 2.05) is 11.4 Å². The maximum absolute atomic E-state index is 4.02. The molecule has 0 fully saturated rings. The van der Waals surface area contributed by atoms with Gasteiger partial charge in [-0.2, -0.15) is 9.49 Å². The van der Waals surface area contributed by atoms with Crippen LogP contribution in [0.3, 0.4) is 0 Å². The zero-order chi connectivity index (χ0) is 8.65. The Morgan fingerprint density at radius 2 is 2.42 bits per heavy atom. The molecule has 1 rings (SSSR count). The number of rotatable bonds is 5. The first kappa shape index (κ1) is 9.32. The monoisotopic (exact) mass is 183 g/mol. The van der Waals surface area contributed by atoms with Crippen molar-refractivity contribution in [3.05, 3.63) is 11.4 Å². The third-order valence-corrected chi connectivity index (χ3v) is 2.01. The summed E-state index contributed by atoms with van der Waals surface area (Å²) in [7, 11) is 0. The van der Waals surface area contributed by atoms with E-state index in [0.29, 0.717) is 0 Å². The molecule has 0 aliphatic carbocycles. The lowest BCUT2D eigenvalue weighted by Gasteiger charge is -1.89. The highest BCUT2D eigenvalue weighted by atomic mass is 32.1. The van der Waals surface area contributed by atoms with Crippen LogP contribution in [0.4, 0.5) is 5.82 Å². The van der Waals surface area contributed by atoms with Crippen LogP contribution in [-0.4, -0.2) is 10.9 Å². The number of hydrogen-bond acceptors (Lipinski definition) is 4. The number of azo groups is 1. The van der Waals surface area contributed by atoms with Crippen molar-refractivity contribution >= 4 is 17.4 Å². The summed E-state index contributed by atoms with van der Waals surface area (Å²) in [4.78, 5) is 0. The average molecular weight is 183 g/mol. The van der Waals surface area contributed by atoms with Crippen LogP contribution in [0.15, 0.2) is 21.7 Å². The Balaban J connectivity index is 2.14. The molecule has 4 heteroatoms. The van der Waals surface area contributed by atoms with Crippen molar-refractivity contribution in [1.82, 2.24) is 4.37 Å². The van der Waals surface area contributed by atoms with Gasteiger partial charge in [0.25, 0.3) is 0 Å². The van der Waals surface area contributed by atoms with Crippen LogP contribution in [0, 0.1) is 0 Å². The van der Waals surface area contributed by atoms with Crippen molar-refractivity contribution in [3.8, 4) is 0 Å². The van der Waals surface area contributed by atoms with Crippen LogP contribution in [-0.2, 0) is 0 Å². The highest BCUT2D eigenvalue weighted by molar-refractivity contribution is 7.03. The number of aromatic nitrogens is 1. The van der Waals surface area contributed by atoms with Gasteiger partial charge in [-0.05, 0) is 24.0 Å². The van der Waals surface area contributed by atoms with Crippen LogP contribution in [0.5, 0.6) is 0 Å². The lowest BCUT2D eigenvalue weighted by molar-refractivity contribution is 0.712. The van der Waals surface area contributed by atoms with Gasteiger partial charge in [-0.3, -0.25) is 0 Å². The second-order valence-electron chi connectivity index (χ2n) is 2.53. The van der Waals surface area contributed by atoms with Gasteiger partial charge in [0.05, 0.1) is 6.54 Å². The molecule has 0 aromatic carbocycles. The number of hydrogen-bond donors (Lipinski definition) is 0. The first-order chi connectivity index (χ1) is 5.93. The third-order valence-electron chi connectivity index (χ3n) is 1.46. The lowest BCUT2D eigenvalue weighted by Crippen LogP contribution is -1.77. The van der Waals surface area contributed by atoms with Gasteiger partial charge in [0, 0.05) is 5.38 Å². The van der Waals surface area contributed by atoms with Crippen molar-refractivity contribution in [2.24, 2.45) is 10.2 Å². The molecule has 0 atom stereocenters. The molecule has 0 amide bonds. The van der Waals surface area contributed by atoms with Gasteiger partial charge in [-0.1, -0.05) is 19.8 Å². The Kier molecular flexibility index (Phi) is 4.52. The maximum atomic E-state index is 4.02. The molecule has 0 unspecified atom stereocenters. The lowest BCUT2D eigenvalue weighted by atomic mass is 10.3. The summed E-state index contributed by atoms with van der Waals surface area (Å²) < 4.78 is 4.02. The summed E-state index contributed by atoms with van der Waals surface area (Å²) in [5.41, 5.74) is 0. The normalized spacial score (nSPS) is 11.1. The SMILES string of the molecule is CCCCC/N=N/c1ccsn1. The van der Waals surface area contributed by atoms with Crippen LogP contribution in [0.2, 0.25) is 0 Å². The smallest absolute Gasteiger partial charge is 0.187 e. The van der Waals surface area contributed by atoms with Gasteiger partial charge in [0.2, 0.25) is 0 Å². The minimum atomic E-state index is 0.733. The van der Waals surface area contributed by atoms with E-state index in [9.17, 15) is 0 Å². The fourth-order valence-electron chi connectivity index (χ4n) is 0.813.